The summed E-state index contributed by atoms with van der Waals surface area (Å²) in [6, 6.07) is 44.7. The molecule has 0 saturated heterocycles. The van der Waals surface area contributed by atoms with Gasteiger partial charge in [0.15, 0.2) is 0 Å². The second-order valence-electron chi connectivity index (χ2n) is 6.63. The minimum atomic E-state index is -2.26. The van der Waals surface area contributed by atoms with Crippen molar-refractivity contribution in [2.75, 3.05) is 0 Å². The molecule has 1 unspecified atom stereocenters. The second kappa shape index (κ2) is 27.1. The molecule has 6 nitrogen and oxygen atoms in total. The van der Waals surface area contributed by atoms with Crippen molar-refractivity contribution in [1.82, 2.24) is 0 Å². The number of hydrogen-bond donors (Lipinski definition) is 0. The topological polar surface area (TPSA) is 123 Å². The summed E-state index contributed by atoms with van der Waals surface area (Å²) in [6.07, 6.45) is 0. The third kappa shape index (κ3) is 11.3. The fraction of sp³-hybridized carbons (Fsp3) is 0. The minimum Gasteiger partial charge on any atom is 0 e. The molecule has 196 valence electrons. The normalized spacial score (nSPS) is 8.43. The van der Waals surface area contributed by atoms with Gasteiger partial charge in [0.1, 0.15) is 6.07 Å². The van der Waals surface area contributed by atoms with Crippen molar-refractivity contribution in [2.45, 2.75) is 0 Å². The van der Waals surface area contributed by atoms with E-state index in [1.165, 1.54) is 21.2 Å². The first-order chi connectivity index (χ1) is 19.4. The smallest absolute Gasteiger partial charge is 0 e. The van der Waals surface area contributed by atoms with E-state index in [0.717, 1.165) is 5.03 Å². The Morgan fingerprint density at radius 2 is 0.750 bits per heavy atom. The van der Waals surface area contributed by atoms with Crippen molar-refractivity contribution >= 4 is 41.7 Å². The molecule has 0 aliphatic rings. The molecule has 4 aromatic carbocycles. The standard InChI is InChI=1S/C26H21NP2.5CO.W/c27-21-26(28-22-13-5-1-6-14-22)29(23-15-7-2-8-16-23,24-17-9-3-10-18-24)25-19-11-4-12-20-25;5*1-2;/h1-20,28H;;;;;;. The molecular formula is C31H21NO5P2W. The van der Waals surface area contributed by atoms with E-state index in [4.69, 9.17) is 23.3 Å². The second-order valence-corrected chi connectivity index (χ2v) is 11.7. The summed E-state index contributed by atoms with van der Waals surface area (Å²) in [5, 5.41) is 16.3. The molecule has 4 aromatic rings. The zero-order valence-corrected chi connectivity index (χ0v) is 25.7. The molecule has 1 atom stereocenters. The molecule has 0 spiro atoms. The number of rotatable bonds is 5. The van der Waals surface area contributed by atoms with E-state index < -0.39 is 6.89 Å². The zero-order chi connectivity index (χ0) is 29.9. The quantitative estimate of drug-likeness (QED) is 0.168. The van der Waals surface area contributed by atoms with Gasteiger partial charge in [-0.15, -0.1) is 0 Å². The molecule has 0 fully saturated rings. The maximum Gasteiger partial charge on any atom is 0 e. The summed E-state index contributed by atoms with van der Waals surface area (Å²) in [7, 11) is 0.329. The summed E-state index contributed by atoms with van der Waals surface area (Å²) in [4.78, 5) is 0. The summed E-state index contributed by atoms with van der Waals surface area (Å²) in [5.41, 5.74) is 0. The molecule has 9 heteroatoms. The van der Waals surface area contributed by atoms with Gasteiger partial charge in [0.2, 0.25) is 0 Å². The molecule has 0 bridgehead atoms. The Kier molecular flexibility index (Phi) is 27.7. The third-order valence-corrected chi connectivity index (χ3v) is 11.2. The average molecular weight is 733 g/mol. The van der Waals surface area contributed by atoms with E-state index in [1.807, 2.05) is 36.4 Å². The van der Waals surface area contributed by atoms with Crippen LogP contribution in [0.3, 0.4) is 0 Å². The number of nitriles is 1. The maximum absolute atomic E-state index is 10.5. The first-order valence-corrected chi connectivity index (χ1v) is 13.3. The van der Waals surface area contributed by atoms with Crippen LogP contribution in [-0.4, -0.2) is 5.03 Å². The predicted molar refractivity (Wildman–Crippen MR) is 150 cm³/mol. The van der Waals surface area contributed by atoms with Crippen LogP contribution in [0.25, 0.3) is 0 Å². The van der Waals surface area contributed by atoms with Crippen LogP contribution in [0.4, 0.5) is 0 Å². The van der Waals surface area contributed by atoms with Gasteiger partial charge in [0.05, 0.1) is 5.03 Å². The van der Waals surface area contributed by atoms with Gasteiger partial charge < -0.3 is 0 Å². The van der Waals surface area contributed by atoms with Crippen molar-refractivity contribution in [3.05, 3.63) is 155 Å². The fourth-order valence-corrected chi connectivity index (χ4v) is 10.2. The molecule has 0 radical (unpaired) electrons. The molecule has 0 aliphatic heterocycles. The summed E-state index contributed by atoms with van der Waals surface area (Å²) < 4.78 is 37.5. The Balaban J connectivity index is -0.00000113. The maximum atomic E-state index is 10.5. The average Bonchev–Trinajstić information content (AvgIpc) is 3.07. The number of hydrogen-bond acceptors (Lipinski definition) is 1. The summed E-state index contributed by atoms with van der Waals surface area (Å²) >= 11 is 0. The van der Waals surface area contributed by atoms with Crippen molar-refractivity contribution in [3.63, 3.8) is 0 Å². The van der Waals surface area contributed by atoms with Gasteiger partial charge in [-0.25, -0.2) is 0 Å². The van der Waals surface area contributed by atoms with Gasteiger partial charge in [-0.3, -0.25) is 0 Å². The van der Waals surface area contributed by atoms with Crippen molar-refractivity contribution in [3.8, 4) is 6.07 Å². The predicted octanol–water partition coefficient (Wildman–Crippen LogP) is 4.45. The van der Waals surface area contributed by atoms with Crippen LogP contribution in [0.15, 0.2) is 121 Å². The van der Waals surface area contributed by atoms with Crippen molar-refractivity contribution < 1.29 is 44.3 Å². The van der Waals surface area contributed by atoms with Crippen LogP contribution in [0.5, 0.6) is 0 Å². The van der Waals surface area contributed by atoms with Gasteiger partial charge >= 0.3 is 56.5 Å². The molecular weight excluding hydrogens is 712 g/mol. The van der Waals surface area contributed by atoms with E-state index in [-0.39, 0.29) is 21.1 Å². The number of benzene rings is 4. The van der Waals surface area contributed by atoms with Gasteiger partial charge in [-0.1, -0.05) is 121 Å². The van der Waals surface area contributed by atoms with E-state index in [1.54, 1.807) is 0 Å². The van der Waals surface area contributed by atoms with E-state index in [0.29, 0.717) is 8.58 Å². The zero-order valence-electron chi connectivity index (χ0n) is 20.9. The van der Waals surface area contributed by atoms with Crippen LogP contribution in [0.1, 0.15) is 0 Å². The molecule has 0 N–H and O–H groups in total. The molecule has 40 heavy (non-hydrogen) atoms. The summed E-state index contributed by atoms with van der Waals surface area (Å²) in [5.74, 6) is 0. The summed E-state index contributed by atoms with van der Waals surface area (Å²) in [6.45, 7) is 20.2. The molecule has 0 aliphatic carbocycles. The van der Waals surface area contributed by atoms with Crippen LogP contribution >= 0.6 is 15.5 Å². The largest absolute Gasteiger partial charge is 0 e. The Morgan fingerprint density at radius 1 is 0.500 bits per heavy atom. The Morgan fingerprint density at radius 3 is 1.00 bits per heavy atom. The Bertz CT molecular complexity index is 1270. The van der Waals surface area contributed by atoms with E-state index >= 15 is 0 Å². The minimum absolute atomic E-state index is 0. The first-order valence-electron chi connectivity index (χ1n) is 10.5. The van der Waals surface area contributed by atoms with Crippen LogP contribution in [0, 0.1) is 44.6 Å². The van der Waals surface area contributed by atoms with Crippen LogP contribution in [0.2, 0.25) is 0 Å². The molecule has 4 rings (SSSR count). The van der Waals surface area contributed by atoms with Crippen molar-refractivity contribution in [1.29, 1.82) is 5.26 Å². The van der Waals surface area contributed by atoms with Crippen molar-refractivity contribution in [2.24, 2.45) is 0 Å². The fourth-order valence-electron chi connectivity index (χ4n) is 3.63. The molecule has 0 saturated carbocycles. The SMILES string of the molecule is N#CC(Pc1ccccc1)=P(c1ccccc1)(c1ccccc1)c1ccccc1.[C-]#[O+].[C-]#[O+].[C-]#[O+].[C-]#[O+].[C-]#[O+].[W]. The van der Waals surface area contributed by atoms with Gasteiger partial charge in [-0.2, -0.15) is 5.26 Å². The van der Waals surface area contributed by atoms with Crippen LogP contribution < -0.4 is 21.2 Å². The van der Waals surface area contributed by atoms with E-state index in [9.17, 15) is 5.26 Å². The first kappa shape index (κ1) is 41.0. The van der Waals surface area contributed by atoms with Gasteiger partial charge in [-0.05, 0) is 36.7 Å². The van der Waals surface area contributed by atoms with Gasteiger partial charge in [0, 0.05) is 21.1 Å². The molecule has 0 amide bonds. The number of nitrogens with zero attached hydrogens (tertiary/aromatic N) is 1. The third-order valence-electron chi connectivity index (χ3n) is 4.91. The van der Waals surface area contributed by atoms with Crippen LogP contribution in [-0.2, 0) is 44.3 Å². The Hall–Kier alpha value is -3.51. The molecule has 0 aromatic heterocycles. The monoisotopic (exact) mass is 733 g/mol. The molecule has 0 heterocycles. The van der Waals surface area contributed by atoms with E-state index in [2.05, 4.69) is 124 Å². The Labute approximate surface area is 251 Å². The van der Waals surface area contributed by atoms with Gasteiger partial charge in [0.25, 0.3) is 0 Å².